The Morgan fingerprint density at radius 1 is 1.41 bits per heavy atom. The molecule has 0 aliphatic heterocycles. The average molecular weight is 235 g/mol. The van der Waals surface area contributed by atoms with Crippen LogP contribution in [0.1, 0.15) is 25.8 Å². The van der Waals surface area contributed by atoms with Gasteiger partial charge in [-0.15, -0.1) is 0 Å². The standard InChI is InChI=1S/C14H21NO2/c1-11(2)7-8-15-14(16)10-17-13-6-4-5-12(3)9-13/h4-6,9,11H,7-8,10H2,1-3H3,(H,15,16). The lowest BCUT2D eigenvalue weighted by atomic mass is 10.1. The van der Waals surface area contributed by atoms with E-state index in [-0.39, 0.29) is 12.5 Å². The van der Waals surface area contributed by atoms with E-state index in [0.29, 0.717) is 12.5 Å². The first-order valence-corrected chi connectivity index (χ1v) is 6.04. The highest BCUT2D eigenvalue weighted by atomic mass is 16.5. The minimum Gasteiger partial charge on any atom is -0.484 e. The quantitative estimate of drug-likeness (QED) is 0.823. The summed E-state index contributed by atoms with van der Waals surface area (Å²) >= 11 is 0. The maximum Gasteiger partial charge on any atom is 0.257 e. The van der Waals surface area contributed by atoms with Crippen LogP contribution in [0.5, 0.6) is 5.75 Å². The molecule has 1 rings (SSSR count). The first-order chi connectivity index (χ1) is 8.08. The summed E-state index contributed by atoms with van der Waals surface area (Å²) in [5, 5.41) is 2.83. The maximum absolute atomic E-state index is 11.4. The third kappa shape index (κ3) is 5.95. The molecule has 1 aromatic carbocycles. The number of hydrogen-bond acceptors (Lipinski definition) is 2. The molecular weight excluding hydrogens is 214 g/mol. The molecule has 0 aliphatic rings. The smallest absolute Gasteiger partial charge is 0.257 e. The molecule has 0 aliphatic carbocycles. The van der Waals surface area contributed by atoms with E-state index in [4.69, 9.17) is 4.74 Å². The Kier molecular flexibility index (Phi) is 5.53. The highest BCUT2D eigenvalue weighted by Crippen LogP contribution is 2.11. The highest BCUT2D eigenvalue weighted by Gasteiger charge is 2.02. The molecule has 0 unspecified atom stereocenters. The molecule has 1 aromatic rings. The summed E-state index contributed by atoms with van der Waals surface area (Å²) in [6.45, 7) is 7.07. The van der Waals surface area contributed by atoms with Gasteiger partial charge in [-0.1, -0.05) is 26.0 Å². The second-order valence-corrected chi connectivity index (χ2v) is 4.64. The lowest BCUT2D eigenvalue weighted by Gasteiger charge is -2.09. The molecule has 1 amide bonds. The van der Waals surface area contributed by atoms with Gasteiger partial charge in [0.2, 0.25) is 0 Å². The molecule has 0 radical (unpaired) electrons. The molecule has 3 heteroatoms. The Labute approximate surface area is 103 Å². The van der Waals surface area contributed by atoms with Gasteiger partial charge in [0.1, 0.15) is 5.75 Å². The Hall–Kier alpha value is -1.51. The first-order valence-electron chi connectivity index (χ1n) is 6.04. The van der Waals surface area contributed by atoms with Crippen LogP contribution in [0.3, 0.4) is 0 Å². The Bertz CT molecular complexity index is 361. The first kappa shape index (κ1) is 13.6. The van der Waals surface area contributed by atoms with Crippen molar-refractivity contribution < 1.29 is 9.53 Å². The Morgan fingerprint density at radius 3 is 2.82 bits per heavy atom. The van der Waals surface area contributed by atoms with Crippen molar-refractivity contribution in [2.45, 2.75) is 27.2 Å². The molecule has 0 fully saturated rings. The van der Waals surface area contributed by atoms with Gasteiger partial charge in [0, 0.05) is 6.54 Å². The van der Waals surface area contributed by atoms with Crippen LogP contribution in [0.15, 0.2) is 24.3 Å². The number of carbonyl (C=O) groups excluding carboxylic acids is 1. The third-order valence-electron chi connectivity index (χ3n) is 2.40. The van der Waals surface area contributed by atoms with Crippen molar-refractivity contribution in [1.29, 1.82) is 0 Å². The molecule has 0 bridgehead atoms. The number of aryl methyl sites for hydroxylation is 1. The number of amides is 1. The van der Waals surface area contributed by atoms with Crippen molar-refractivity contribution in [3.63, 3.8) is 0 Å². The van der Waals surface area contributed by atoms with E-state index < -0.39 is 0 Å². The lowest BCUT2D eigenvalue weighted by molar-refractivity contribution is -0.123. The molecule has 0 saturated carbocycles. The summed E-state index contributed by atoms with van der Waals surface area (Å²) in [5.41, 5.74) is 1.13. The van der Waals surface area contributed by atoms with Gasteiger partial charge in [0.25, 0.3) is 5.91 Å². The molecule has 0 atom stereocenters. The van der Waals surface area contributed by atoms with Crippen LogP contribution in [0, 0.1) is 12.8 Å². The van der Waals surface area contributed by atoms with Crippen molar-refractivity contribution >= 4 is 5.91 Å². The number of hydrogen-bond donors (Lipinski definition) is 1. The van der Waals surface area contributed by atoms with E-state index in [1.807, 2.05) is 31.2 Å². The molecule has 17 heavy (non-hydrogen) atoms. The Morgan fingerprint density at radius 2 is 2.18 bits per heavy atom. The number of carbonyl (C=O) groups is 1. The largest absolute Gasteiger partial charge is 0.484 e. The van der Waals surface area contributed by atoms with Crippen LogP contribution in [-0.2, 0) is 4.79 Å². The van der Waals surface area contributed by atoms with Crippen LogP contribution in [-0.4, -0.2) is 19.1 Å². The fourth-order valence-electron chi connectivity index (χ4n) is 1.41. The van der Waals surface area contributed by atoms with Crippen molar-refractivity contribution in [3.8, 4) is 5.75 Å². The van der Waals surface area contributed by atoms with Gasteiger partial charge >= 0.3 is 0 Å². The zero-order chi connectivity index (χ0) is 12.7. The second-order valence-electron chi connectivity index (χ2n) is 4.64. The van der Waals surface area contributed by atoms with Gasteiger partial charge in [0.15, 0.2) is 6.61 Å². The fraction of sp³-hybridized carbons (Fsp3) is 0.500. The van der Waals surface area contributed by atoms with Crippen LogP contribution in [0.4, 0.5) is 0 Å². The number of nitrogens with one attached hydrogen (secondary N) is 1. The number of ether oxygens (including phenoxy) is 1. The zero-order valence-electron chi connectivity index (χ0n) is 10.8. The Balaban J connectivity index is 2.24. The summed E-state index contributed by atoms with van der Waals surface area (Å²) in [4.78, 5) is 11.4. The van der Waals surface area contributed by atoms with Gasteiger partial charge in [-0.3, -0.25) is 4.79 Å². The van der Waals surface area contributed by atoms with Crippen LogP contribution in [0.25, 0.3) is 0 Å². The predicted molar refractivity (Wildman–Crippen MR) is 69.1 cm³/mol. The summed E-state index contributed by atoms with van der Waals surface area (Å²) in [6, 6.07) is 7.69. The minimum absolute atomic E-state index is 0.0628. The second kappa shape index (κ2) is 6.94. The average Bonchev–Trinajstić information content (AvgIpc) is 2.26. The van der Waals surface area contributed by atoms with Gasteiger partial charge < -0.3 is 10.1 Å². The molecule has 0 spiro atoms. The summed E-state index contributed by atoms with van der Waals surface area (Å²) in [6.07, 6.45) is 0.996. The molecule has 1 N–H and O–H groups in total. The van der Waals surface area contributed by atoms with Gasteiger partial charge in [0.05, 0.1) is 0 Å². The van der Waals surface area contributed by atoms with Gasteiger partial charge in [-0.25, -0.2) is 0 Å². The summed E-state index contributed by atoms with van der Waals surface area (Å²) in [5.74, 6) is 1.28. The van der Waals surface area contributed by atoms with Gasteiger partial charge in [-0.2, -0.15) is 0 Å². The summed E-state index contributed by atoms with van der Waals surface area (Å²) in [7, 11) is 0. The van der Waals surface area contributed by atoms with Crippen molar-refractivity contribution in [2.24, 2.45) is 5.92 Å². The SMILES string of the molecule is Cc1cccc(OCC(=O)NCCC(C)C)c1. The molecule has 94 valence electrons. The van der Waals surface area contributed by atoms with E-state index in [1.165, 1.54) is 0 Å². The molecule has 0 saturated heterocycles. The molecule has 0 heterocycles. The molecule has 3 nitrogen and oxygen atoms in total. The lowest BCUT2D eigenvalue weighted by Crippen LogP contribution is -2.30. The third-order valence-corrected chi connectivity index (χ3v) is 2.40. The molecule has 0 aromatic heterocycles. The fourth-order valence-corrected chi connectivity index (χ4v) is 1.41. The van der Waals surface area contributed by atoms with Crippen LogP contribution < -0.4 is 10.1 Å². The van der Waals surface area contributed by atoms with E-state index >= 15 is 0 Å². The van der Waals surface area contributed by atoms with Crippen molar-refractivity contribution in [2.75, 3.05) is 13.2 Å². The van der Waals surface area contributed by atoms with Gasteiger partial charge in [-0.05, 0) is 37.0 Å². The zero-order valence-corrected chi connectivity index (χ0v) is 10.8. The maximum atomic E-state index is 11.4. The number of rotatable bonds is 6. The van der Waals surface area contributed by atoms with Crippen LogP contribution >= 0.6 is 0 Å². The highest BCUT2D eigenvalue weighted by molar-refractivity contribution is 5.77. The summed E-state index contributed by atoms with van der Waals surface area (Å²) < 4.78 is 5.39. The normalized spacial score (nSPS) is 10.4. The number of benzene rings is 1. The predicted octanol–water partition coefficient (Wildman–Crippen LogP) is 2.54. The van der Waals surface area contributed by atoms with Crippen molar-refractivity contribution in [1.82, 2.24) is 5.32 Å². The monoisotopic (exact) mass is 235 g/mol. The van der Waals surface area contributed by atoms with Crippen LogP contribution in [0.2, 0.25) is 0 Å². The topological polar surface area (TPSA) is 38.3 Å². The van der Waals surface area contributed by atoms with E-state index in [1.54, 1.807) is 0 Å². The minimum atomic E-state index is -0.0628. The molecular formula is C14H21NO2. The van der Waals surface area contributed by atoms with E-state index in [2.05, 4.69) is 19.2 Å². The van der Waals surface area contributed by atoms with E-state index in [9.17, 15) is 4.79 Å². The van der Waals surface area contributed by atoms with Crippen molar-refractivity contribution in [3.05, 3.63) is 29.8 Å². The van der Waals surface area contributed by atoms with E-state index in [0.717, 1.165) is 17.7 Å².